The van der Waals surface area contributed by atoms with Gasteiger partial charge in [-0.05, 0) is 85.5 Å². The molecule has 1 aliphatic rings. The SMILES string of the molecule is CC(C)N1CN(c2cccc(Sc3ccc4c5ccccc5n(-c5cc(C(C)(C)C)ccn5)c4c3)c2)c2ccccc21. The maximum absolute atomic E-state index is 4.85. The summed E-state index contributed by atoms with van der Waals surface area (Å²) in [5.74, 6) is 0.958. The van der Waals surface area contributed by atoms with Crippen molar-refractivity contribution in [3.05, 3.63) is 115 Å². The molecule has 0 unspecified atom stereocenters. The summed E-state index contributed by atoms with van der Waals surface area (Å²) in [6.45, 7) is 12.1. The molecule has 0 N–H and O–H groups in total. The molecule has 6 aromatic rings. The Kier molecular flexibility index (Phi) is 6.51. The van der Waals surface area contributed by atoms with Crippen LogP contribution in [0, 0.1) is 0 Å². The Morgan fingerprint density at radius 1 is 0.714 bits per heavy atom. The minimum atomic E-state index is 0.0462. The van der Waals surface area contributed by atoms with Crippen molar-refractivity contribution in [1.82, 2.24) is 9.55 Å². The van der Waals surface area contributed by atoms with E-state index in [1.807, 2.05) is 18.0 Å². The molecule has 0 bridgehead atoms. The Bertz CT molecular complexity index is 1930. The normalized spacial score (nSPS) is 13.5. The molecule has 5 heteroatoms. The van der Waals surface area contributed by atoms with E-state index in [9.17, 15) is 0 Å². The third kappa shape index (κ3) is 4.62. The molecule has 0 saturated heterocycles. The largest absolute Gasteiger partial charge is 0.349 e. The standard InChI is InChI=1S/C37H36N4S/c1-25(2)39-24-40(34-16-9-8-15-33(34)39)27-11-10-12-28(22-27)42-29-17-18-31-30-13-6-7-14-32(30)41(35(31)23-29)36-21-26(19-20-38-36)37(3,4)5/h6-23,25H,24H2,1-5H3. The van der Waals surface area contributed by atoms with Gasteiger partial charge in [0.15, 0.2) is 0 Å². The first-order valence-corrected chi connectivity index (χ1v) is 15.5. The number of benzene rings is 4. The van der Waals surface area contributed by atoms with Gasteiger partial charge in [0.25, 0.3) is 0 Å². The summed E-state index contributed by atoms with van der Waals surface area (Å²) in [7, 11) is 0. The highest BCUT2D eigenvalue weighted by Crippen LogP contribution is 2.43. The lowest BCUT2D eigenvalue weighted by molar-refractivity contribution is 0.588. The van der Waals surface area contributed by atoms with E-state index in [1.54, 1.807) is 0 Å². The summed E-state index contributed by atoms with van der Waals surface area (Å²) in [6, 6.07) is 38.0. The van der Waals surface area contributed by atoms with E-state index in [1.165, 1.54) is 54.2 Å². The Labute approximate surface area is 252 Å². The summed E-state index contributed by atoms with van der Waals surface area (Å²) in [5, 5.41) is 2.49. The molecular formula is C37H36N4S. The lowest BCUT2D eigenvalue weighted by Crippen LogP contribution is -2.33. The molecule has 3 heterocycles. The zero-order valence-corrected chi connectivity index (χ0v) is 25.7. The lowest BCUT2D eigenvalue weighted by Gasteiger charge is -2.25. The van der Waals surface area contributed by atoms with Crippen molar-refractivity contribution >= 4 is 50.6 Å². The van der Waals surface area contributed by atoms with Crippen molar-refractivity contribution in [3.63, 3.8) is 0 Å². The third-order valence-electron chi connectivity index (χ3n) is 8.25. The number of anilines is 3. The van der Waals surface area contributed by atoms with Gasteiger partial charge in [0.05, 0.1) is 29.1 Å². The Morgan fingerprint density at radius 3 is 2.26 bits per heavy atom. The van der Waals surface area contributed by atoms with Crippen LogP contribution in [0.15, 0.2) is 119 Å². The van der Waals surface area contributed by atoms with E-state index < -0.39 is 0 Å². The van der Waals surface area contributed by atoms with Crippen LogP contribution in [-0.2, 0) is 5.41 Å². The number of hydrogen-bond donors (Lipinski definition) is 0. The summed E-state index contributed by atoms with van der Waals surface area (Å²) in [5.41, 5.74) is 7.46. The Hall–Kier alpha value is -4.22. The van der Waals surface area contributed by atoms with E-state index in [4.69, 9.17) is 4.98 Å². The van der Waals surface area contributed by atoms with Crippen molar-refractivity contribution in [2.75, 3.05) is 16.5 Å². The van der Waals surface area contributed by atoms with Gasteiger partial charge in [-0.15, -0.1) is 0 Å². The van der Waals surface area contributed by atoms with Crippen molar-refractivity contribution in [2.45, 2.75) is 55.9 Å². The molecule has 0 spiro atoms. The van der Waals surface area contributed by atoms with Gasteiger partial charge < -0.3 is 9.80 Å². The minimum absolute atomic E-state index is 0.0462. The average Bonchev–Trinajstić information content (AvgIpc) is 3.53. The molecule has 210 valence electrons. The van der Waals surface area contributed by atoms with Gasteiger partial charge in [0.1, 0.15) is 5.82 Å². The van der Waals surface area contributed by atoms with Gasteiger partial charge >= 0.3 is 0 Å². The fourth-order valence-corrected chi connectivity index (χ4v) is 6.93. The van der Waals surface area contributed by atoms with Crippen LogP contribution in [0.25, 0.3) is 27.6 Å². The number of rotatable bonds is 5. The first-order chi connectivity index (χ1) is 20.3. The predicted octanol–water partition coefficient (Wildman–Crippen LogP) is 9.95. The number of pyridine rings is 1. The van der Waals surface area contributed by atoms with E-state index >= 15 is 0 Å². The Morgan fingerprint density at radius 2 is 1.45 bits per heavy atom. The van der Waals surface area contributed by atoms with Crippen molar-refractivity contribution in [3.8, 4) is 5.82 Å². The van der Waals surface area contributed by atoms with Crippen LogP contribution in [0.5, 0.6) is 0 Å². The molecule has 42 heavy (non-hydrogen) atoms. The minimum Gasteiger partial charge on any atom is -0.349 e. The fourth-order valence-electron chi connectivity index (χ4n) is 6.02. The van der Waals surface area contributed by atoms with Gasteiger partial charge in [0, 0.05) is 38.5 Å². The maximum atomic E-state index is 4.85. The van der Waals surface area contributed by atoms with Gasteiger partial charge in [-0.1, -0.05) is 75.0 Å². The number of hydrogen-bond acceptors (Lipinski definition) is 4. The van der Waals surface area contributed by atoms with Crippen molar-refractivity contribution < 1.29 is 0 Å². The predicted molar refractivity (Wildman–Crippen MR) is 179 cm³/mol. The number of fused-ring (bicyclic) bond motifs is 4. The number of aromatic nitrogens is 2. The first kappa shape index (κ1) is 26.7. The maximum Gasteiger partial charge on any atom is 0.137 e. The molecule has 0 aliphatic carbocycles. The summed E-state index contributed by atoms with van der Waals surface area (Å²) in [6.07, 6.45) is 1.94. The summed E-state index contributed by atoms with van der Waals surface area (Å²) < 4.78 is 2.32. The molecular weight excluding hydrogens is 533 g/mol. The van der Waals surface area contributed by atoms with Crippen LogP contribution in [0.1, 0.15) is 40.2 Å². The molecule has 2 aromatic heterocycles. The number of para-hydroxylation sites is 3. The van der Waals surface area contributed by atoms with Crippen LogP contribution >= 0.6 is 11.8 Å². The second-order valence-electron chi connectivity index (χ2n) is 12.4. The zero-order chi connectivity index (χ0) is 29.0. The molecule has 0 atom stereocenters. The summed E-state index contributed by atoms with van der Waals surface area (Å²) >= 11 is 1.81. The van der Waals surface area contributed by atoms with Gasteiger partial charge in [-0.25, -0.2) is 4.98 Å². The van der Waals surface area contributed by atoms with Crippen LogP contribution < -0.4 is 9.80 Å². The van der Waals surface area contributed by atoms with E-state index in [-0.39, 0.29) is 5.41 Å². The monoisotopic (exact) mass is 568 g/mol. The Balaban J connectivity index is 1.28. The lowest BCUT2D eigenvalue weighted by atomic mass is 9.88. The fraction of sp³-hybridized carbons (Fsp3) is 0.216. The van der Waals surface area contributed by atoms with Crippen LogP contribution in [-0.4, -0.2) is 22.3 Å². The zero-order valence-electron chi connectivity index (χ0n) is 24.9. The molecule has 7 rings (SSSR count). The highest BCUT2D eigenvalue weighted by molar-refractivity contribution is 7.99. The molecule has 1 aliphatic heterocycles. The molecule has 0 saturated carbocycles. The van der Waals surface area contributed by atoms with Crippen molar-refractivity contribution in [1.29, 1.82) is 0 Å². The van der Waals surface area contributed by atoms with E-state index in [0.717, 1.165) is 12.5 Å². The van der Waals surface area contributed by atoms with Crippen LogP contribution in [0.4, 0.5) is 17.1 Å². The molecule has 4 aromatic carbocycles. The topological polar surface area (TPSA) is 24.3 Å². The molecule has 0 fully saturated rings. The summed E-state index contributed by atoms with van der Waals surface area (Å²) in [4.78, 5) is 12.2. The second-order valence-corrected chi connectivity index (χ2v) is 13.6. The third-order valence-corrected chi connectivity index (χ3v) is 9.23. The highest BCUT2D eigenvalue weighted by atomic mass is 32.2. The second kappa shape index (κ2) is 10.2. The van der Waals surface area contributed by atoms with Gasteiger partial charge in [0.2, 0.25) is 0 Å². The quantitative estimate of drug-likeness (QED) is 0.207. The van der Waals surface area contributed by atoms with Crippen LogP contribution in [0.3, 0.4) is 0 Å². The molecule has 0 amide bonds. The van der Waals surface area contributed by atoms with Crippen molar-refractivity contribution in [2.24, 2.45) is 0 Å². The van der Waals surface area contributed by atoms with E-state index in [2.05, 4.69) is 152 Å². The van der Waals surface area contributed by atoms with Crippen LogP contribution in [0.2, 0.25) is 0 Å². The number of nitrogens with zero attached hydrogens (tertiary/aromatic N) is 4. The molecule has 4 nitrogen and oxygen atoms in total. The van der Waals surface area contributed by atoms with E-state index in [0.29, 0.717) is 6.04 Å². The smallest absolute Gasteiger partial charge is 0.137 e. The van der Waals surface area contributed by atoms with Gasteiger partial charge in [-0.2, -0.15) is 0 Å². The average molecular weight is 569 g/mol. The van der Waals surface area contributed by atoms with Gasteiger partial charge in [-0.3, -0.25) is 4.57 Å². The first-order valence-electron chi connectivity index (χ1n) is 14.7. The highest BCUT2D eigenvalue weighted by Gasteiger charge is 2.28. The molecule has 0 radical (unpaired) electrons.